The molecule has 2 fully saturated rings. The first kappa shape index (κ1) is 16.2. The van der Waals surface area contributed by atoms with Gasteiger partial charge in [-0.2, -0.15) is 0 Å². The maximum atomic E-state index is 11.7. The summed E-state index contributed by atoms with van der Waals surface area (Å²) in [5, 5.41) is 0. The summed E-state index contributed by atoms with van der Waals surface area (Å²) in [4.78, 5) is 0. The molecule has 0 aliphatic carbocycles. The van der Waals surface area contributed by atoms with Gasteiger partial charge in [0, 0.05) is 19.7 Å². The second-order valence-corrected chi connectivity index (χ2v) is 8.33. The van der Waals surface area contributed by atoms with Crippen molar-refractivity contribution in [3.8, 4) is 0 Å². The minimum absolute atomic E-state index is 0.0783. The third kappa shape index (κ3) is 3.71. The van der Waals surface area contributed by atoms with Crippen LogP contribution in [0.5, 0.6) is 0 Å². The van der Waals surface area contributed by atoms with Gasteiger partial charge in [0.2, 0.25) is 10.0 Å². The van der Waals surface area contributed by atoms with Crippen molar-refractivity contribution in [2.45, 2.75) is 50.7 Å². The number of nitrogens with two attached hydrogens (primary N) is 1. The summed E-state index contributed by atoms with van der Waals surface area (Å²) in [7, 11) is -3.09. The number of hydrogen-bond donors (Lipinski definition) is 2. The van der Waals surface area contributed by atoms with Crippen LogP contribution < -0.4 is 11.3 Å². The second-order valence-electron chi connectivity index (χ2n) is 6.35. The van der Waals surface area contributed by atoms with E-state index in [4.69, 9.17) is 10.6 Å². The molecule has 3 unspecified atom stereocenters. The number of nitrogens with one attached hydrogen (secondary N) is 1. The number of sulfonamides is 1. The van der Waals surface area contributed by atoms with Crippen molar-refractivity contribution in [2.24, 2.45) is 11.8 Å². The summed E-state index contributed by atoms with van der Waals surface area (Å²) in [6.45, 7) is 4.13. The molecule has 20 heavy (non-hydrogen) atoms. The molecule has 0 radical (unpaired) electrons. The molecule has 3 N–H and O–H groups in total. The van der Waals surface area contributed by atoms with Crippen molar-refractivity contribution in [3.63, 3.8) is 0 Å². The average Bonchev–Trinajstić information content (AvgIpc) is 2.83. The molecular formula is C13H27N3O3S. The third-order valence-electron chi connectivity index (χ3n) is 4.71. The molecule has 118 valence electrons. The molecule has 2 aliphatic rings. The zero-order chi connectivity index (χ0) is 14.8. The number of rotatable bonds is 5. The van der Waals surface area contributed by atoms with Gasteiger partial charge in [-0.3, -0.25) is 11.3 Å². The molecule has 0 amide bonds. The Morgan fingerprint density at radius 2 is 2.25 bits per heavy atom. The molecule has 0 saturated carbocycles. The summed E-state index contributed by atoms with van der Waals surface area (Å²) >= 11 is 0. The molecule has 0 aromatic heterocycles. The van der Waals surface area contributed by atoms with Gasteiger partial charge in [0.15, 0.2) is 0 Å². The summed E-state index contributed by atoms with van der Waals surface area (Å²) in [5.74, 6) is 6.06. The molecule has 0 aromatic carbocycles. The lowest BCUT2D eigenvalue weighted by atomic mass is 9.84. The summed E-state index contributed by atoms with van der Waals surface area (Å²) in [6, 6.07) is 0.0783. The normalized spacial score (nSPS) is 34.2. The molecule has 2 saturated heterocycles. The van der Waals surface area contributed by atoms with Gasteiger partial charge in [-0.25, -0.2) is 12.7 Å². The largest absolute Gasteiger partial charge is 0.374 e. The molecule has 0 spiro atoms. The first-order valence-corrected chi connectivity index (χ1v) is 9.25. The van der Waals surface area contributed by atoms with Crippen LogP contribution >= 0.6 is 0 Å². The van der Waals surface area contributed by atoms with Crippen LogP contribution in [0.2, 0.25) is 0 Å². The van der Waals surface area contributed by atoms with Gasteiger partial charge in [0.05, 0.1) is 17.9 Å². The van der Waals surface area contributed by atoms with Crippen molar-refractivity contribution < 1.29 is 13.2 Å². The SMILES string of the molecule is CC1(C(CC2CCCN(S(C)(=O)=O)C2)NN)CCCO1. The van der Waals surface area contributed by atoms with Gasteiger partial charge < -0.3 is 4.74 Å². The summed E-state index contributed by atoms with van der Waals surface area (Å²) in [6.07, 6.45) is 6.19. The van der Waals surface area contributed by atoms with E-state index in [1.807, 2.05) is 0 Å². The number of ether oxygens (including phenoxy) is 1. The molecule has 0 bridgehead atoms. The van der Waals surface area contributed by atoms with E-state index in [1.54, 1.807) is 4.31 Å². The van der Waals surface area contributed by atoms with Crippen LogP contribution in [0.3, 0.4) is 0 Å². The number of hydrazine groups is 1. The van der Waals surface area contributed by atoms with E-state index in [9.17, 15) is 8.42 Å². The highest BCUT2D eigenvalue weighted by Gasteiger charge is 2.40. The van der Waals surface area contributed by atoms with Crippen LogP contribution in [0.4, 0.5) is 0 Å². The van der Waals surface area contributed by atoms with Crippen LogP contribution in [-0.2, 0) is 14.8 Å². The van der Waals surface area contributed by atoms with Crippen molar-refractivity contribution >= 4 is 10.0 Å². The Morgan fingerprint density at radius 3 is 2.80 bits per heavy atom. The Kier molecular flexibility index (Phi) is 5.07. The monoisotopic (exact) mass is 305 g/mol. The minimum Gasteiger partial charge on any atom is -0.374 e. The first-order chi connectivity index (χ1) is 9.35. The van der Waals surface area contributed by atoms with E-state index in [0.29, 0.717) is 19.0 Å². The number of nitrogens with zero attached hydrogens (tertiary/aromatic N) is 1. The van der Waals surface area contributed by atoms with Gasteiger partial charge in [-0.15, -0.1) is 0 Å². The Bertz CT molecular complexity index is 421. The summed E-state index contributed by atoms with van der Waals surface area (Å²) < 4.78 is 30.8. The molecular weight excluding hydrogens is 278 g/mol. The van der Waals surface area contributed by atoms with Gasteiger partial charge in [-0.05, 0) is 44.9 Å². The Hall–Kier alpha value is -0.210. The van der Waals surface area contributed by atoms with Crippen molar-refractivity contribution in [2.75, 3.05) is 26.0 Å². The van der Waals surface area contributed by atoms with E-state index in [-0.39, 0.29) is 11.6 Å². The van der Waals surface area contributed by atoms with Gasteiger partial charge >= 0.3 is 0 Å². The van der Waals surface area contributed by atoms with Crippen LogP contribution in [0, 0.1) is 5.92 Å². The molecule has 7 heteroatoms. The Balaban J connectivity index is 1.97. The van der Waals surface area contributed by atoms with E-state index in [0.717, 1.165) is 38.7 Å². The van der Waals surface area contributed by atoms with Crippen molar-refractivity contribution in [1.29, 1.82) is 0 Å². The second kappa shape index (κ2) is 6.27. The van der Waals surface area contributed by atoms with Crippen LogP contribution in [0.25, 0.3) is 0 Å². The predicted octanol–water partition coefficient (Wildman–Crippen LogP) is 0.449. The van der Waals surface area contributed by atoms with Crippen molar-refractivity contribution in [1.82, 2.24) is 9.73 Å². The van der Waals surface area contributed by atoms with Gasteiger partial charge in [-0.1, -0.05) is 0 Å². The lowest BCUT2D eigenvalue weighted by Crippen LogP contribution is -2.53. The lowest BCUT2D eigenvalue weighted by Gasteiger charge is -2.38. The molecule has 6 nitrogen and oxygen atoms in total. The minimum atomic E-state index is -3.09. The quantitative estimate of drug-likeness (QED) is 0.569. The molecule has 2 rings (SSSR count). The van der Waals surface area contributed by atoms with E-state index in [2.05, 4.69) is 12.3 Å². The highest BCUT2D eigenvalue weighted by atomic mass is 32.2. The van der Waals surface area contributed by atoms with Crippen LogP contribution in [0.1, 0.15) is 39.0 Å². The smallest absolute Gasteiger partial charge is 0.211 e. The maximum Gasteiger partial charge on any atom is 0.211 e. The topological polar surface area (TPSA) is 84.7 Å². The maximum absolute atomic E-state index is 11.7. The van der Waals surface area contributed by atoms with Crippen LogP contribution in [-0.4, -0.2) is 50.3 Å². The molecule has 0 aromatic rings. The van der Waals surface area contributed by atoms with Crippen LogP contribution in [0.15, 0.2) is 0 Å². The highest BCUT2D eigenvalue weighted by molar-refractivity contribution is 7.88. The average molecular weight is 305 g/mol. The zero-order valence-electron chi connectivity index (χ0n) is 12.5. The fourth-order valence-corrected chi connectivity index (χ4v) is 4.37. The predicted molar refractivity (Wildman–Crippen MR) is 78.5 cm³/mol. The fourth-order valence-electron chi connectivity index (χ4n) is 3.42. The van der Waals surface area contributed by atoms with E-state index >= 15 is 0 Å². The summed E-state index contributed by atoms with van der Waals surface area (Å²) in [5.41, 5.74) is 2.67. The zero-order valence-corrected chi connectivity index (χ0v) is 13.3. The Morgan fingerprint density at radius 1 is 1.50 bits per heavy atom. The number of piperidine rings is 1. The fraction of sp³-hybridized carbons (Fsp3) is 1.00. The van der Waals surface area contributed by atoms with E-state index in [1.165, 1.54) is 6.26 Å². The number of hydrogen-bond acceptors (Lipinski definition) is 5. The molecule has 2 aliphatic heterocycles. The lowest BCUT2D eigenvalue weighted by molar-refractivity contribution is -0.0200. The van der Waals surface area contributed by atoms with Gasteiger partial charge in [0.25, 0.3) is 0 Å². The standard InChI is InChI=1S/C13H27N3O3S/c1-13(6-4-8-19-13)12(15-14)9-11-5-3-7-16(10-11)20(2,17)18/h11-12,15H,3-10,14H2,1-2H3. The van der Waals surface area contributed by atoms with E-state index < -0.39 is 10.0 Å². The van der Waals surface area contributed by atoms with Gasteiger partial charge in [0.1, 0.15) is 0 Å². The molecule has 3 atom stereocenters. The Labute approximate surface area is 122 Å². The van der Waals surface area contributed by atoms with Crippen molar-refractivity contribution in [3.05, 3.63) is 0 Å². The first-order valence-electron chi connectivity index (χ1n) is 7.40. The third-order valence-corrected chi connectivity index (χ3v) is 5.98. The molecule has 2 heterocycles. The highest BCUT2D eigenvalue weighted by Crippen LogP contribution is 2.33.